The number of amides is 2. The topological polar surface area (TPSA) is 76.7 Å². The fourth-order valence-corrected chi connectivity index (χ4v) is 2.45. The smallest absolute Gasteiger partial charge is 0.265 e. The molecule has 0 spiro atoms. The minimum atomic E-state index is -1.08. The normalized spacial score (nSPS) is 18.1. The quantitative estimate of drug-likeness (QED) is 0.875. The Morgan fingerprint density at radius 2 is 1.73 bits per heavy atom. The number of anilines is 1. The summed E-state index contributed by atoms with van der Waals surface area (Å²) in [4.78, 5) is 24.1. The van der Waals surface area contributed by atoms with Crippen LogP contribution in [-0.2, 0) is 9.59 Å². The number of nitrogens with one attached hydrogen (secondary N) is 2. The van der Waals surface area contributed by atoms with E-state index >= 15 is 0 Å². The van der Waals surface area contributed by atoms with Crippen LogP contribution in [0.15, 0.2) is 42.5 Å². The van der Waals surface area contributed by atoms with Gasteiger partial charge < -0.3 is 20.1 Å². The molecule has 2 atom stereocenters. The highest BCUT2D eigenvalue weighted by molar-refractivity contribution is 5.95. The molecule has 2 N–H and O–H groups in total. The van der Waals surface area contributed by atoms with Crippen molar-refractivity contribution in [3.8, 4) is 11.5 Å². The average molecular weight is 362 g/mol. The number of para-hydroxylation sites is 2. The van der Waals surface area contributed by atoms with Crippen LogP contribution < -0.4 is 20.1 Å². The van der Waals surface area contributed by atoms with Crippen molar-refractivity contribution in [1.82, 2.24) is 5.32 Å². The summed E-state index contributed by atoms with van der Waals surface area (Å²) < 4.78 is 37.2. The van der Waals surface area contributed by atoms with Gasteiger partial charge in [0.25, 0.3) is 5.91 Å². The predicted molar refractivity (Wildman–Crippen MR) is 88.9 cm³/mol. The molecule has 8 heteroatoms. The van der Waals surface area contributed by atoms with E-state index < -0.39 is 35.7 Å². The Hall–Kier alpha value is -3.16. The zero-order valence-corrected chi connectivity index (χ0v) is 13.8. The third kappa shape index (κ3) is 3.90. The van der Waals surface area contributed by atoms with Crippen molar-refractivity contribution in [2.75, 3.05) is 11.9 Å². The van der Waals surface area contributed by atoms with Gasteiger partial charge >= 0.3 is 0 Å². The van der Waals surface area contributed by atoms with Gasteiger partial charge in [-0.3, -0.25) is 9.59 Å². The van der Waals surface area contributed by atoms with E-state index in [1.54, 1.807) is 31.2 Å². The summed E-state index contributed by atoms with van der Waals surface area (Å²) in [7, 11) is 0. The van der Waals surface area contributed by atoms with Crippen LogP contribution >= 0.6 is 0 Å². The molecule has 2 unspecified atom stereocenters. The Bertz CT molecular complexity index is 844. The van der Waals surface area contributed by atoms with Crippen molar-refractivity contribution in [2.45, 2.75) is 19.1 Å². The van der Waals surface area contributed by atoms with Gasteiger partial charge in [-0.2, -0.15) is 0 Å². The minimum Gasteiger partial charge on any atom is -0.482 e. The predicted octanol–water partition coefficient (Wildman–Crippen LogP) is 2.25. The van der Waals surface area contributed by atoms with Gasteiger partial charge in [-0.25, -0.2) is 8.78 Å². The lowest BCUT2D eigenvalue weighted by Crippen LogP contribution is -2.50. The number of ether oxygens (including phenoxy) is 2. The second-order valence-electron chi connectivity index (χ2n) is 5.70. The SMILES string of the molecule is CC1Oc2ccccc2OC1C(=O)NCC(=O)Nc1ccc(F)c(F)c1. The number of carbonyl (C=O) groups excluding carboxylic acids is 2. The molecule has 0 aliphatic carbocycles. The van der Waals surface area contributed by atoms with E-state index in [0.29, 0.717) is 11.5 Å². The molecule has 2 aromatic carbocycles. The molecule has 0 saturated heterocycles. The Labute approximate surface area is 148 Å². The van der Waals surface area contributed by atoms with Gasteiger partial charge in [0.15, 0.2) is 23.1 Å². The Kier molecular flexibility index (Phi) is 5.01. The third-order valence-electron chi connectivity index (χ3n) is 3.73. The Morgan fingerprint density at radius 3 is 2.42 bits per heavy atom. The fraction of sp³-hybridized carbons (Fsp3) is 0.222. The second kappa shape index (κ2) is 7.38. The summed E-state index contributed by atoms with van der Waals surface area (Å²) in [5.41, 5.74) is 0.0858. The fourth-order valence-electron chi connectivity index (χ4n) is 2.45. The van der Waals surface area contributed by atoms with E-state index in [1.807, 2.05) is 0 Å². The summed E-state index contributed by atoms with van der Waals surface area (Å²) in [5.74, 6) is -2.22. The van der Waals surface area contributed by atoms with Crippen molar-refractivity contribution in [3.05, 3.63) is 54.1 Å². The molecule has 0 aromatic heterocycles. The first-order valence-corrected chi connectivity index (χ1v) is 7.89. The van der Waals surface area contributed by atoms with Crippen LogP contribution in [-0.4, -0.2) is 30.6 Å². The Balaban J connectivity index is 1.55. The molecule has 0 radical (unpaired) electrons. The van der Waals surface area contributed by atoms with Crippen molar-refractivity contribution in [1.29, 1.82) is 0 Å². The molecule has 0 fully saturated rings. The highest BCUT2D eigenvalue weighted by Gasteiger charge is 2.34. The van der Waals surface area contributed by atoms with E-state index in [9.17, 15) is 18.4 Å². The van der Waals surface area contributed by atoms with Gasteiger partial charge in [-0.15, -0.1) is 0 Å². The molecule has 26 heavy (non-hydrogen) atoms. The van der Waals surface area contributed by atoms with Gasteiger partial charge in [-0.1, -0.05) is 12.1 Å². The van der Waals surface area contributed by atoms with Crippen LogP contribution in [0.4, 0.5) is 14.5 Å². The number of benzene rings is 2. The molecule has 6 nitrogen and oxygen atoms in total. The van der Waals surface area contributed by atoms with Gasteiger partial charge in [0, 0.05) is 11.8 Å². The number of hydrogen-bond acceptors (Lipinski definition) is 4. The molecular weight excluding hydrogens is 346 g/mol. The van der Waals surface area contributed by atoms with Crippen LogP contribution in [0.1, 0.15) is 6.92 Å². The molecule has 0 saturated carbocycles. The molecule has 2 amide bonds. The van der Waals surface area contributed by atoms with Crippen LogP contribution in [0.3, 0.4) is 0 Å². The van der Waals surface area contributed by atoms with Crippen LogP contribution in [0.2, 0.25) is 0 Å². The summed E-state index contributed by atoms with van der Waals surface area (Å²) in [6.07, 6.45) is -1.46. The van der Waals surface area contributed by atoms with Gasteiger partial charge in [0.05, 0.1) is 6.54 Å². The molecule has 2 aromatic rings. The lowest BCUT2D eigenvalue weighted by molar-refractivity contribution is -0.134. The van der Waals surface area contributed by atoms with Crippen LogP contribution in [0.5, 0.6) is 11.5 Å². The number of carbonyl (C=O) groups is 2. The van der Waals surface area contributed by atoms with E-state index in [-0.39, 0.29) is 12.2 Å². The molecule has 1 aliphatic rings. The third-order valence-corrected chi connectivity index (χ3v) is 3.73. The van der Waals surface area contributed by atoms with Gasteiger partial charge in [0.2, 0.25) is 12.0 Å². The first-order valence-electron chi connectivity index (χ1n) is 7.89. The number of fused-ring (bicyclic) bond motifs is 1. The van der Waals surface area contributed by atoms with Crippen molar-refractivity contribution >= 4 is 17.5 Å². The summed E-state index contributed by atoms with van der Waals surface area (Å²) in [5, 5.41) is 4.80. The zero-order valence-electron chi connectivity index (χ0n) is 13.8. The van der Waals surface area contributed by atoms with E-state index in [4.69, 9.17) is 9.47 Å². The number of rotatable bonds is 4. The van der Waals surface area contributed by atoms with E-state index in [1.165, 1.54) is 6.07 Å². The van der Waals surface area contributed by atoms with E-state index in [0.717, 1.165) is 12.1 Å². The van der Waals surface area contributed by atoms with Gasteiger partial charge in [-0.05, 0) is 31.2 Å². The largest absolute Gasteiger partial charge is 0.482 e. The first-order chi connectivity index (χ1) is 12.4. The molecular formula is C18H16F2N2O4. The van der Waals surface area contributed by atoms with Crippen molar-refractivity contribution in [3.63, 3.8) is 0 Å². The highest BCUT2D eigenvalue weighted by atomic mass is 19.2. The number of halogens is 2. The number of hydrogen-bond donors (Lipinski definition) is 2. The molecule has 1 heterocycles. The summed E-state index contributed by atoms with van der Waals surface area (Å²) in [6.45, 7) is 1.33. The standard InChI is InChI=1S/C18H16F2N2O4/c1-10-17(26-15-5-3-2-4-14(15)25-10)18(24)21-9-16(23)22-11-6-7-12(19)13(20)8-11/h2-8,10,17H,9H2,1H3,(H,21,24)(H,22,23). The van der Waals surface area contributed by atoms with Crippen molar-refractivity contribution < 1.29 is 27.8 Å². The van der Waals surface area contributed by atoms with Gasteiger partial charge in [0.1, 0.15) is 6.10 Å². The van der Waals surface area contributed by atoms with Crippen molar-refractivity contribution in [2.24, 2.45) is 0 Å². The maximum atomic E-state index is 13.1. The summed E-state index contributed by atoms with van der Waals surface area (Å²) in [6, 6.07) is 9.92. The molecule has 0 bridgehead atoms. The van der Waals surface area contributed by atoms with E-state index in [2.05, 4.69) is 10.6 Å². The lowest BCUT2D eigenvalue weighted by atomic mass is 10.1. The summed E-state index contributed by atoms with van der Waals surface area (Å²) >= 11 is 0. The minimum absolute atomic E-state index is 0.0858. The monoisotopic (exact) mass is 362 g/mol. The lowest BCUT2D eigenvalue weighted by Gasteiger charge is -2.30. The van der Waals surface area contributed by atoms with Crippen LogP contribution in [0, 0.1) is 11.6 Å². The second-order valence-corrected chi connectivity index (χ2v) is 5.70. The zero-order chi connectivity index (χ0) is 18.7. The Morgan fingerprint density at radius 1 is 1.04 bits per heavy atom. The maximum Gasteiger partial charge on any atom is 0.265 e. The maximum absolute atomic E-state index is 13.1. The first kappa shape index (κ1) is 17.7. The molecule has 1 aliphatic heterocycles. The average Bonchev–Trinajstić information content (AvgIpc) is 2.62. The highest BCUT2D eigenvalue weighted by Crippen LogP contribution is 2.33. The molecule has 136 valence electrons. The molecule has 3 rings (SSSR count). The van der Waals surface area contributed by atoms with Crippen LogP contribution in [0.25, 0.3) is 0 Å².